The van der Waals surface area contributed by atoms with Crippen LogP contribution in [0.3, 0.4) is 0 Å². The van der Waals surface area contributed by atoms with E-state index in [1.165, 1.54) is 41.1 Å². The van der Waals surface area contributed by atoms with Gasteiger partial charge in [-0.2, -0.15) is 0 Å². The van der Waals surface area contributed by atoms with Crippen molar-refractivity contribution in [2.45, 2.75) is 26.7 Å². The van der Waals surface area contributed by atoms with Crippen LogP contribution in [0, 0.1) is 25.5 Å². The zero-order chi connectivity index (χ0) is 19.6. The van der Waals surface area contributed by atoms with E-state index in [0.29, 0.717) is 22.6 Å². The molecule has 3 aromatic rings. The lowest BCUT2D eigenvalue weighted by atomic mass is 10.1. The first kappa shape index (κ1) is 18.6. The molecule has 0 unspecified atom stereocenters. The monoisotopic (exact) mass is 371 g/mol. The van der Waals surface area contributed by atoms with Gasteiger partial charge in [0.05, 0.1) is 5.69 Å². The minimum Gasteiger partial charge on any atom is -0.326 e. The number of carbonyl (C=O) groups excluding carboxylic acids is 1. The molecule has 0 aliphatic rings. The molecule has 0 atom stereocenters. The third-order valence-electron chi connectivity index (χ3n) is 4.35. The fourth-order valence-electron chi connectivity index (χ4n) is 2.83. The number of hydrogen-bond acceptors (Lipinski definition) is 2. The molecular weight excluding hydrogens is 352 g/mol. The molecule has 0 saturated heterocycles. The van der Waals surface area contributed by atoms with Crippen molar-refractivity contribution in [3.05, 3.63) is 81.3 Å². The summed E-state index contributed by atoms with van der Waals surface area (Å²) in [5.41, 5.74) is 2.50. The number of halogens is 2. The number of amides is 1. The minimum atomic E-state index is -0.431. The first-order chi connectivity index (χ1) is 12.8. The van der Waals surface area contributed by atoms with E-state index in [-0.39, 0.29) is 30.1 Å². The Morgan fingerprint density at radius 1 is 1.07 bits per heavy atom. The Labute approximate surface area is 154 Å². The van der Waals surface area contributed by atoms with Gasteiger partial charge >= 0.3 is 0 Å². The molecule has 0 spiro atoms. The molecule has 0 aliphatic heterocycles. The van der Waals surface area contributed by atoms with Crippen LogP contribution in [-0.2, 0) is 11.2 Å². The van der Waals surface area contributed by atoms with Crippen molar-refractivity contribution >= 4 is 11.6 Å². The molecule has 1 aromatic heterocycles. The second-order valence-corrected chi connectivity index (χ2v) is 6.34. The number of hydrogen-bond donors (Lipinski definition) is 2. The molecule has 0 fully saturated rings. The van der Waals surface area contributed by atoms with Crippen LogP contribution in [0.1, 0.15) is 23.2 Å². The zero-order valence-electron chi connectivity index (χ0n) is 15.0. The lowest BCUT2D eigenvalue weighted by Gasteiger charge is -2.08. The largest absolute Gasteiger partial charge is 0.326 e. The minimum absolute atomic E-state index is 0.0767. The maximum absolute atomic E-state index is 13.3. The van der Waals surface area contributed by atoms with E-state index in [9.17, 15) is 18.4 Å². The Bertz CT molecular complexity index is 1040. The van der Waals surface area contributed by atoms with Crippen molar-refractivity contribution in [3.8, 4) is 5.69 Å². The number of rotatable bonds is 5. The highest BCUT2D eigenvalue weighted by atomic mass is 19.1. The van der Waals surface area contributed by atoms with Gasteiger partial charge in [-0.05, 0) is 62.2 Å². The first-order valence-corrected chi connectivity index (χ1v) is 8.47. The van der Waals surface area contributed by atoms with E-state index in [1.54, 1.807) is 19.9 Å². The van der Waals surface area contributed by atoms with Crippen LogP contribution < -0.4 is 10.9 Å². The summed E-state index contributed by atoms with van der Waals surface area (Å²) in [6, 6.07) is 9.70. The normalized spacial score (nSPS) is 10.8. The molecule has 140 valence electrons. The highest BCUT2D eigenvalue weighted by Crippen LogP contribution is 2.17. The van der Waals surface area contributed by atoms with Gasteiger partial charge in [-0.15, -0.1) is 0 Å². The van der Waals surface area contributed by atoms with Crippen LogP contribution in [0.15, 0.2) is 47.3 Å². The van der Waals surface area contributed by atoms with Crippen molar-refractivity contribution in [1.82, 2.24) is 9.78 Å². The number of H-pyrrole nitrogens is 1. The smallest absolute Gasteiger partial charge is 0.274 e. The Hall–Kier alpha value is -3.22. The Balaban J connectivity index is 1.73. The van der Waals surface area contributed by atoms with Crippen molar-refractivity contribution in [3.63, 3.8) is 0 Å². The van der Waals surface area contributed by atoms with E-state index in [4.69, 9.17) is 0 Å². The molecule has 2 aromatic carbocycles. The highest BCUT2D eigenvalue weighted by Gasteiger charge is 2.14. The summed E-state index contributed by atoms with van der Waals surface area (Å²) in [6.07, 6.45) is 0.308. The van der Waals surface area contributed by atoms with Gasteiger partial charge in [0.1, 0.15) is 11.6 Å². The lowest BCUT2D eigenvalue weighted by molar-refractivity contribution is -0.116. The number of carbonyl (C=O) groups is 1. The van der Waals surface area contributed by atoms with Gasteiger partial charge in [-0.1, -0.05) is 6.07 Å². The van der Waals surface area contributed by atoms with Gasteiger partial charge in [0, 0.05) is 23.4 Å². The number of anilines is 1. The summed E-state index contributed by atoms with van der Waals surface area (Å²) in [7, 11) is 0. The average molecular weight is 371 g/mol. The summed E-state index contributed by atoms with van der Waals surface area (Å²) in [5.74, 6) is -1.13. The summed E-state index contributed by atoms with van der Waals surface area (Å²) in [4.78, 5) is 24.8. The van der Waals surface area contributed by atoms with Crippen LogP contribution in [0.2, 0.25) is 0 Å². The number of nitrogens with zero attached hydrogens (tertiary/aromatic N) is 1. The molecule has 1 amide bonds. The average Bonchev–Trinajstić information content (AvgIpc) is 2.91. The molecule has 2 N–H and O–H groups in total. The molecule has 0 bridgehead atoms. The van der Waals surface area contributed by atoms with Crippen molar-refractivity contribution in [1.29, 1.82) is 0 Å². The second-order valence-electron chi connectivity index (χ2n) is 6.34. The van der Waals surface area contributed by atoms with E-state index in [0.717, 1.165) is 5.56 Å². The maximum Gasteiger partial charge on any atom is 0.274 e. The SMILES string of the molecule is Cc1ccc(F)cc1NC(=O)CCc1c(C)[nH]n(-c2ccc(F)cc2)c1=O. The topological polar surface area (TPSA) is 66.9 Å². The standard InChI is InChI=1S/C20H19F2N3O2/c1-12-3-4-15(22)11-18(12)23-19(26)10-9-17-13(2)24-25(20(17)27)16-7-5-14(21)6-8-16/h3-8,11,24H,9-10H2,1-2H3,(H,23,26). The van der Waals surface area contributed by atoms with Gasteiger partial charge < -0.3 is 5.32 Å². The Morgan fingerprint density at radius 2 is 1.74 bits per heavy atom. The van der Waals surface area contributed by atoms with Crippen molar-refractivity contribution in [2.75, 3.05) is 5.32 Å². The third-order valence-corrected chi connectivity index (χ3v) is 4.35. The quantitative estimate of drug-likeness (QED) is 0.719. The number of aryl methyl sites for hydroxylation is 2. The second kappa shape index (κ2) is 7.57. The number of aromatic nitrogens is 2. The van der Waals surface area contributed by atoms with Crippen LogP contribution >= 0.6 is 0 Å². The molecule has 3 rings (SSSR count). The zero-order valence-corrected chi connectivity index (χ0v) is 15.0. The van der Waals surface area contributed by atoms with Gasteiger partial charge in [0.2, 0.25) is 5.91 Å². The molecule has 0 aliphatic carbocycles. The number of benzene rings is 2. The van der Waals surface area contributed by atoms with Gasteiger partial charge in [-0.3, -0.25) is 14.7 Å². The molecule has 7 heteroatoms. The third kappa shape index (κ3) is 4.13. The van der Waals surface area contributed by atoms with Gasteiger partial charge in [0.25, 0.3) is 5.56 Å². The maximum atomic E-state index is 13.3. The fraction of sp³-hybridized carbons (Fsp3) is 0.200. The summed E-state index contributed by atoms with van der Waals surface area (Å²) in [6.45, 7) is 3.51. The first-order valence-electron chi connectivity index (χ1n) is 8.47. The van der Waals surface area contributed by atoms with Gasteiger partial charge in [-0.25, -0.2) is 13.5 Å². The fourth-order valence-corrected chi connectivity index (χ4v) is 2.83. The van der Waals surface area contributed by atoms with Crippen LogP contribution in [0.25, 0.3) is 5.69 Å². The predicted molar refractivity (Wildman–Crippen MR) is 99.2 cm³/mol. The number of nitrogens with one attached hydrogen (secondary N) is 2. The van der Waals surface area contributed by atoms with E-state index in [2.05, 4.69) is 10.4 Å². The highest BCUT2D eigenvalue weighted by molar-refractivity contribution is 5.91. The van der Waals surface area contributed by atoms with Crippen molar-refractivity contribution < 1.29 is 13.6 Å². The molecule has 1 heterocycles. The van der Waals surface area contributed by atoms with E-state index >= 15 is 0 Å². The molecule has 5 nitrogen and oxygen atoms in total. The summed E-state index contributed by atoms with van der Waals surface area (Å²) < 4.78 is 27.7. The van der Waals surface area contributed by atoms with Gasteiger partial charge in [0.15, 0.2) is 0 Å². The molecule has 0 radical (unpaired) electrons. The Morgan fingerprint density at radius 3 is 2.44 bits per heavy atom. The van der Waals surface area contributed by atoms with Crippen LogP contribution in [0.5, 0.6) is 0 Å². The predicted octanol–water partition coefficient (Wildman–Crippen LogP) is 3.63. The lowest BCUT2D eigenvalue weighted by Crippen LogP contribution is -2.19. The van der Waals surface area contributed by atoms with E-state index in [1.807, 2.05) is 0 Å². The molecule has 0 saturated carbocycles. The van der Waals surface area contributed by atoms with Crippen molar-refractivity contribution in [2.24, 2.45) is 0 Å². The number of aromatic amines is 1. The van der Waals surface area contributed by atoms with E-state index < -0.39 is 5.82 Å². The summed E-state index contributed by atoms with van der Waals surface area (Å²) in [5, 5.41) is 5.60. The van der Waals surface area contributed by atoms with Crippen LogP contribution in [-0.4, -0.2) is 15.7 Å². The van der Waals surface area contributed by atoms with Crippen LogP contribution in [0.4, 0.5) is 14.5 Å². The Kier molecular flexibility index (Phi) is 5.21. The molecule has 27 heavy (non-hydrogen) atoms. The molecular formula is C20H19F2N3O2. The summed E-state index contributed by atoms with van der Waals surface area (Å²) >= 11 is 0.